The zero-order chi connectivity index (χ0) is 8.10. The van der Waals surface area contributed by atoms with E-state index in [9.17, 15) is 4.79 Å². The van der Waals surface area contributed by atoms with Crippen molar-refractivity contribution in [2.45, 2.75) is 32.1 Å². The van der Waals surface area contributed by atoms with Gasteiger partial charge in [-0.3, -0.25) is 9.79 Å². The smallest absolute Gasteiger partial charge is 0.325 e. The molecule has 0 aromatic carbocycles. The molecule has 3 heteroatoms. The van der Waals surface area contributed by atoms with Crippen LogP contribution in [0.3, 0.4) is 0 Å². The van der Waals surface area contributed by atoms with Gasteiger partial charge in [0.05, 0.1) is 0 Å². The van der Waals surface area contributed by atoms with Gasteiger partial charge in [0, 0.05) is 5.71 Å². The normalized spacial score (nSPS) is 18.0. The van der Waals surface area contributed by atoms with Crippen LogP contribution < -0.4 is 0 Å². The van der Waals surface area contributed by atoms with Crippen LogP contribution in [0.15, 0.2) is 4.99 Å². The highest BCUT2D eigenvalue weighted by molar-refractivity contribution is 5.86. The van der Waals surface area contributed by atoms with E-state index in [0.717, 1.165) is 18.6 Å². The van der Waals surface area contributed by atoms with Gasteiger partial charge in [-0.1, -0.05) is 6.42 Å². The second-order valence-corrected chi connectivity index (χ2v) is 2.84. The van der Waals surface area contributed by atoms with Crippen molar-refractivity contribution >= 4 is 11.7 Å². The fraction of sp³-hybridized carbons (Fsp3) is 0.750. The van der Waals surface area contributed by atoms with Crippen LogP contribution in [0.1, 0.15) is 32.1 Å². The summed E-state index contributed by atoms with van der Waals surface area (Å²) in [4.78, 5) is 14.1. The highest BCUT2D eigenvalue weighted by Gasteiger charge is 2.06. The summed E-state index contributed by atoms with van der Waals surface area (Å²) in [6, 6.07) is 0. The molecule has 0 aromatic rings. The number of hydrogen-bond donors (Lipinski definition) is 1. The Morgan fingerprint density at radius 1 is 1.36 bits per heavy atom. The number of carboxylic acid groups (broad SMARTS) is 1. The molecule has 1 fully saturated rings. The van der Waals surface area contributed by atoms with Crippen molar-refractivity contribution in [3.8, 4) is 0 Å². The quantitative estimate of drug-likeness (QED) is 0.656. The monoisotopic (exact) mass is 155 g/mol. The van der Waals surface area contributed by atoms with Crippen molar-refractivity contribution in [1.82, 2.24) is 0 Å². The second-order valence-electron chi connectivity index (χ2n) is 2.84. The average molecular weight is 155 g/mol. The van der Waals surface area contributed by atoms with Gasteiger partial charge in [-0.05, 0) is 25.7 Å². The standard InChI is InChI=1S/C8H13NO2/c10-8(11)6-9-7-4-2-1-3-5-7/h1-6H2,(H,10,11). The van der Waals surface area contributed by atoms with Gasteiger partial charge in [0.1, 0.15) is 6.54 Å². The summed E-state index contributed by atoms with van der Waals surface area (Å²) in [7, 11) is 0. The van der Waals surface area contributed by atoms with Gasteiger partial charge >= 0.3 is 5.97 Å². The maximum absolute atomic E-state index is 10.1. The molecule has 0 aliphatic heterocycles. The molecule has 1 rings (SSSR count). The van der Waals surface area contributed by atoms with E-state index in [-0.39, 0.29) is 6.54 Å². The first-order chi connectivity index (χ1) is 5.29. The number of aliphatic carboxylic acids is 1. The molecule has 0 unspecified atom stereocenters. The first-order valence-corrected chi connectivity index (χ1v) is 4.03. The number of aliphatic imine (C=N–C) groups is 1. The lowest BCUT2D eigenvalue weighted by molar-refractivity contribution is -0.135. The number of nitrogens with zero attached hydrogens (tertiary/aromatic N) is 1. The molecule has 0 radical (unpaired) electrons. The lowest BCUT2D eigenvalue weighted by Gasteiger charge is -2.11. The average Bonchev–Trinajstić information content (AvgIpc) is 2.03. The van der Waals surface area contributed by atoms with Gasteiger partial charge in [0.2, 0.25) is 0 Å². The molecule has 3 nitrogen and oxygen atoms in total. The van der Waals surface area contributed by atoms with Gasteiger partial charge in [-0.2, -0.15) is 0 Å². The largest absolute Gasteiger partial charge is 0.480 e. The van der Waals surface area contributed by atoms with E-state index in [2.05, 4.69) is 4.99 Å². The molecular formula is C8H13NO2. The van der Waals surface area contributed by atoms with Crippen molar-refractivity contribution in [3.05, 3.63) is 0 Å². The van der Waals surface area contributed by atoms with Crippen LogP contribution in [-0.2, 0) is 4.79 Å². The summed E-state index contributed by atoms with van der Waals surface area (Å²) < 4.78 is 0. The van der Waals surface area contributed by atoms with Crippen molar-refractivity contribution in [2.24, 2.45) is 4.99 Å². The van der Waals surface area contributed by atoms with E-state index in [1.54, 1.807) is 0 Å². The lowest BCUT2D eigenvalue weighted by Crippen LogP contribution is -2.08. The van der Waals surface area contributed by atoms with Gasteiger partial charge in [0.25, 0.3) is 0 Å². The molecule has 0 heterocycles. The van der Waals surface area contributed by atoms with Gasteiger partial charge in [-0.15, -0.1) is 0 Å². The third-order valence-corrected chi connectivity index (χ3v) is 1.87. The Morgan fingerprint density at radius 3 is 2.55 bits per heavy atom. The second kappa shape index (κ2) is 4.11. The van der Waals surface area contributed by atoms with E-state index < -0.39 is 5.97 Å². The van der Waals surface area contributed by atoms with Crippen molar-refractivity contribution < 1.29 is 9.90 Å². The van der Waals surface area contributed by atoms with Gasteiger partial charge < -0.3 is 5.11 Å². The Balaban J connectivity index is 2.32. The number of carboxylic acids is 1. The first-order valence-electron chi connectivity index (χ1n) is 4.03. The molecule has 11 heavy (non-hydrogen) atoms. The molecule has 62 valence electrons. The third-order valence-electron chi connectivity index (χ3n) is 1.87. The molecule has 0 saturated heterocycles. The molecule has 1 N–H and O–H groups in total. The minimum Gasteiger partial charge on any atom is -0.480 e. The minimum atomic E-state index is -0.830. The predicted molar refractivity (Wildman–Crippen MR) is 43.0 cm³/mol. The first kappa shape index (κ1) is 8.24. The fourth-order valence-corrected chi connectivity index (χ4v) is 1.30. The van der Waals surface area contributed by atoms with Crippen LogP contribution in [0.2, 0.25) is 0 Å². The van der Waals surface area contributed by atoms with Gasteiger partial charge in [-0.25, -0.2) is 0 Å². The predicted octanol–water partition coefficient (Wildman–Crippen LogP) is 1.48. The van der Waals surface area contributed by atoms with Crippen LogP contribution in [-0.4, -0.2) is 23.3 Å². The summed E-state index contributed by atoms with van der Waals surface area (Å²) >= 11 is 0. The van der Waals surface area contributed by atoms with E-state index in [1.807, 2.05) is 0 Å². The summed E-state index contributed by atoms with van der Waals surface area (Å²) in [5, 5.41) is 8.34. The molecule has 1 aliphatic rings. The molecule has 0 aromatic heterocycles. The molecule has 0 amide bonds. The van der Waals surface area contributed by atoms with E-state index in [0.29, 0.717) is 0 Å². The maximum atomic E-state index is 10.1. The van der Waals surface area contributed by atoms with Crippen LogP contribution in [0.25, 0.3) is 0 Å². The molecule has 1 aliphatic carbocycles. The van der Waals surface area contributed by atoms with Crippen LogP contribution in [0, 0.1) is 0 Å². The SMILES string of the molecule is O=C(O)CN=C1CCCCC1. The Labute approximate surface area is 66.1 Å². The van der Waals surface area contributed by atoms with Crippen molar-refractivity contribution in [1.29, 1.82) is 0 Å². The summed E-state index contributed by atoms with van der Waals surface area (Å²) in [5.74, 6) is -0.830. The highest BCUT2D eigenvalue weighted by Crippen LogP contribution is 2.14. The van der Waals surface area contributed by atoms with Crippen molar-refractivity contribution in [2.75, 3.05) is 6.54 Å². The molecule has 1 saturated carbocycles. The van der Waals surface area contributed by atoms with Crippen LogP contribution >= 0.6 is 0 Å². The minimum absolute atomic E-state index is 0.0463. The Morgan fingerprint density at radius 2 is 2.00 bits per heavy atom. The van der Waals surface area contributed by atoms with E-state index >= 15 is 0 Å². The zero-order valence-electron chi connectivity index (χ0n) is 6.55. The van der Waals surface area contributed by atoms with Crippen LogP contribution in [0.4, 0.5) is 0 Å². The van der Waals surface area contributed by atoms with Gasteiger partial charge in [0.15, 0.2) is 0 Å². The number of rotatable bonds is 2. The van der Waals surface area contributed by atoms with E-state index in [4.69, 9.17) is 5.11 Å². The van der Waals surface area contributed by atoms with Crippen molar-refractivity contribution in [3.63, 3.8) is 0 Å². The summed E-state index contributed by atoms with van der Waals surface area (Å²) in [6.45, 7) is -0.0463. The number of hydrogen-bond acceptors (Lipinski definition) is 2. The Hall–Kier alpha value is -0.860. The van der Waals surface area contributed by atoms with Crippen LogP contribution in [0.5, 0.6) is 0 Å². The highest BCUT2D eigenvalue weighted by atomic mass is 16.4. The lowest BCUT2D eigenvalue weighted by atomic mass is 9.99. The number of carbonyl (C=O) groups is 1. The molecule has 0 atom stereocenters. The Bertz CT molecular complexity index is 167. The topological polar surface area (TPSA) is 49.7 Å². The molecule has 0 spiro atoms. The summed E-state index contributed by atoms with van der Waals surface area (Å²) in [6.07, 6.45) is 5.64. The fourth-order valence-electron chi connectivity index (χ4n) is 1.30. The van der Waals surface area contributed by atoms with E-state index in [1.165, 1.54) is 19.3 Å². The maximum Gasteiger partial charge on any atom is 0.325 e. The Kier molecular flexibility index (Phi) is 3.08. The molecular weight excluding hydrogens is 142 g/mol. The zero-order valence-corrected chi connectivity index (χ0v) is 6.55. The summed E-state index contributed by atoms with van der Waals surface area (Å²) in [5.41, 5.74) is 1.10. The third kappa shape index (κ3) is 3.16. The molecule has 0 bridgehead atoms.